The summed E-state index contributed by atoms with van der Waals surface area (Å²) in [5.74, 6) is 1.63. The number of nitrogens with one attached hydrogen (secondary N) is 2. The van der Waals surface area contributed by atoms with Gasteiger partial charge < -0.3 is 15.7 Å². The summed E-state index contributed by atoms with van der Waals surface area (Å²) in [4.78, 5) is 4.56. The van der Waals surface area contributed by atoms with Crippen molar-refractivity contribution in [3.05, 3.63) is 18.0 Å². The van der Waals surface area contributed by atoms with Crippen LogP contribution in [-0.2, 0) is 12.6 Å². The predicted octanol–water partition coefficient (Wildman–Crippen LogP) is 2.77. The van der Waals surface area contributed by atoms with Gasteiger partial charge in [0.2, 0.25) is 0 Å². The van der Waals surface area contributed by atoms with Crippen LogP contribution in [0.25, 0.3) is 0 Å². The van der Waals surface area contributed by atoms with Crippen LogP contribution in [0.2, 0.25) is 0 Å². The number of aromatic nitrogens is 2. The molecular formula is C18H34IN5O. The van der Waals surface area contributed by atoms with Crippen molar-refractivity contribution in [3.63, 3.8) is 0 Å². The van der Waals surface area contributed by atoms with E-state index in [4.69, 9.17) is 0 Å². The third-order valence-corrected chi connectivity index (χ3v) is 4.79. The van der Waals surface area contributed by atoms with Gasteiger partial charge >= 0.3 is 0 Å². The Balaban J connectivity index is 0.00000312. The molecule has 0 aliphatic heterocycles. The summed E-state index contributed by atoms with van der Waals surface area (Å²) in [5.41, 5.74) is -0.230. The molecule has 1 aromatic heterocycles. The minimum Gasteiger partial charge on any atom is -0.383 e. The van der Waals surface area contributed by atoms with Gasteiger partial charge in [-0.3, -0.25) is 4.68 Å². The number of hydrogen-bond acceptors (Lipinski definition) is 3. The molecule has 144 valence electrons. The van der Waals surface area contributed by atoms with Crippen molar-refractivity contribution < 1.29 is 5.11 Å². The van der Waals surface area contributed by atoms with Crippen LogP contribution < -0.4 is 10.6 Å². The highest BCUT2D eigenvalue weighted by molar-refractivity contribution is 14.0. The van der Waals surface area contributed by atoms with Crippen molar-refractivity contribution in [2.24, 2.45) is 18.0 Å². The van der Waals surface area contributed by atoms with E-state index < -0.39 is 5.60 Å². The number of aliphatic hydroxyl groups is 1. The van der Waals surface area contributed by atoms with Gasteiger partial charge in [0.05, 0.1) is 12.7 Å². The summed E-state index contributed by atoms with van der Waals surface area (Å²) < 4.78 is 1.70. The van der Waals surface area contributed by atoms with Gasteiger partial charge in [-0.2, -0.15) is 5.10 Å². The molecule has 0 amide bonds. The maximum absolute atomic E-state index is 10.6. The van der Waals surface area contributed by atoms with E-state index in [2.05, 4.69) is 27.6 Å². The monoisotopic (exact) mass is 463 g/mol. The molecule has 25 heavy (non-hydrogen) atoms. The second kappa shape index (κ2) is 11.0. The molecule has 0 aromatic carbocycles. The Hall–Kier alpha value is -0.830. The SMILES string of the molecule is CCNC(=NCC(C)(O)c1cnn(C)c1)NCCC1CCCCC1.I. The van der Waals surface area contributed by atoms with Gasteiger partial charge in [-0.25, -0.2) is 4.99 Å². The van der Waals surface area contributed by atoms with Crippen molar-refractivity contribution in [2.75, 3.05) is 19.6 Å². The highest BCUT2D eigenvalue weighted by Gasteiger charge is 2.24. The first-order valence-electron chi connectivity index (χ1n) is 9.25. The fraction of sp³-hybridized carbons (Fsp3) is 0.778. The first-order valence-corrected chi connectivity index (χ1v) is 9.25. The van der Waals surface area contributed by atoms with E-state index in [1.54, 1.807) is 17.8 Å². The Morgan fingerprint density at radius 3 is 2.68 bits per heavy atom. The molecule has 0 bridgehead atoms. The molecule has 0 spiro atoms. The Morgan fingerprint density at radius 2 is 2.08 bits per heavy atom. The fourth-order valence-corrected chi connectivity index (χ4v) is 3.24. The zero-order chi connectivity index (χ0) is 17.4. The molecule has 0 saturated heterocycles. The normalized spacial score (nSPS) is 18.3. The largest absolute Gasteiger partial charge is 0.383 e. The smallest absolute Gasteiger partial charge is 0.191 e. The van der Waals surface area contributed by atoms with Crippen LogP contribution in [0.5, 0.6) is 0 Å². The van der Waals surface area contributed by atoms with Gasteiger partial charge in [-0.05, 0) is 26.2 Å². The summed E-state index contributed by atoms with van der Waals surface area (Å²) in [5, 5.41) is 21.4. The standard InChI is InChI=1S/C18H33N5O.HI/c1-4-19-17(20-11-10-15-8-6-5-7-9-15)21-14-18(2,24)16-12-22-23(3)13-16;/h12-13,15,24H,4-11,14H2,1-3H3,(H2,19,20,21);1H. The Kier molecular flexibility index (Phi) is 9.78. The Morgan fingerprint density at radius 1 is 1.36 bits per heavy atom. The van der Waals surface area contributed by atoms with Crippen LogP contribution in [0.1, 0.15) is 57.9 Å². The molecule has 1 saturated carbocycles. The molecule has 1 aliphatic carbocycles. The number of aryl methyl sites for hydroxylation is 1. The van der Waals surface area contributed by atoms with Crippen LogP contribution in [-0.4, -0.2) is 40.5 Å². The van der Waals surface area contributed by atoms with Crippen LogP contribution in [0.15, 0.2) is 17.4 Å². The lowest BCUT2D eigenvalue weighted by Gasteiger charge is -2.23. The number of hydrogen-bond donors (Lipinski definition) is 3. The second-order valence-electron chi connectivity index (χ2n) is 7.09. The average Bonchev–Trinajstić information content (AvgIpc) is 3.01. The fourth-order valence-electron chi connectivity index (χ4n) is 3.24. The molecule has 3 N–H and O–H groups in total. The van der Waals surface area contributed by atoms with Gasteiger partial charge in [0.1, 0.15) is 5.60 Å². The molecular weight excluding hydrogens is 429 g/mol. The molecule has 6 nitrogen and oxygen atoms in total. The van der Waals surface area contributed by atoms with Gasteiger partial charge in [0, 0.05) is 31.9 Å². The third kappa shape index (κ3) is 7.52. The zero-order valence-corrected chi connectivity index (χ0v) is 18.1. The van der Waals surface area contributed by atoms with Crippen molar-refractivity contribution in [1.82, 2.24) is 20.4 Å². The predicted molar refractivity (Wildman–Crippen MR) is 113 cm³/mol. The number of rotatable bonds is 7. The summed E-state index contributed by atoms with van der Waals surface area (Å²) in [6.07, 6.45) is 11.6. The quantitative estimate of drug-likeness (QED) is 0.330. The van der Waals surface area contributed by atoms with Crippen molar-refractivity contribution in [3.8, 4) is 0 Å². The van der Waals surface area contributed by atoms with Crippen molar-refractivity contribution in [1.29, 1.82) is 0 Å². The Bertz CT molecular complexity index is 523. The van der Waals surface area contributed by atoms with E-state index in [-0.39, 0.29) is 24.0 Å². The molecule has 2 rings (SSSR count). The van der Waals surface area contributed by atoms with E-state index in [0.717, 1.165) is 30.5 Å². The summed E-state index contributed by atoms with van der Waals surface area (Å²) in [7, 11) is 1.85. The summed E-state index contributed by atoms with van der Waals surface area (Å²) in [6.45, 7) is 5.88. The van der Waals surface area contributed by atoms with Gasteiger partial charge in [-0.1, -0.05) is 32.1 Å². The van der Waals surface area contributed by atoms with Gasteiger partial charge in [0.25, 0.3) is 0 Å². The van der Waals surface area contributed by atoms with E-state index in [9.17, 15) is 5.11 Å². The highest BCUT2D eigenvalue weighted by Crippen LogP contribution is 2.25. The lowest BCUT2D eigenvalue weighted by Crippen LogP contribution is -2.39. The minimum absolute atomic E-state index is 0. The maximum Gasteiger partial charge on any atom is 0.191 e. The Labute approximate surface area is 168 Å². The summed E-state index contributed by atoms with van der Waals surface area (Å²) >= 11 is 0. The van der Waals surface area contributed by atoms with Crippen molar-refractivity contribution >= 4 is 29.9 Å². The minimum atomic E-state index is -1.01. The molecule has 1 unspecified atom stereocenters. The summed E-state index contributed by atoms with van der Waals surface area (Å²) in [6, 6.07) is 0. The second-order valence-corrected chi connectivity index (χ2v) is 7.09. The van der Waals surface area contributed by atoms with Crippen LogP contribution in [0, 0.1) is 5.92 Å². The maximum atomic E-state index is 10.6. The molecule has 1 fully saturated rings. The number of guanidine groups is 1. The number of halogens is 1. The van der Waals surface area contributed by atoms with Crippen LogP contribution in [0.3, 0.4) is 0 Å². The van der Waals surface area contributed by atoms with Gasteiger partial charge in [-0.15, -0.1) is 24.0 Å². The average molecular weight is 463 g/mol. The first-order chi connectivity index (χ1) is 11.5. The lowest BCUT2D eigenvalue weighted by molar-refractivity contribution is 0.0672. The molecule has 7 heteroatoms. The molecule has 0 radical (unpaired) electrons. The van der Waals surface area contributed by atoms with E-state index in [0.29, 0.717) is 6.54 Å². The van der Waals surface area contributed by atoms with Crippen LogP contribution >= 0.6 is 24.0 Å². The molecule has 1 aliphatic rings. The number of aliphatic imine (C=N–C) groups is 1. The highest BCUT2D eigenvalue weighted by atomic mass is 127. The van der Waals surface area contributed by atoms with E-state index in [1.165, 1.54) is 38.5 Å². The zero-order valence-electron chi connectivity index (χ0n) is 15.8. The molecule has 1 heterocycles. The van der Waals surface area contributed by atoms with Gasteiger partial charge in [0.15, 0.2) is 5.96 Å². The number of nitrogens with zero attached hydrogens (tertiary/aromatic N) is 3. The lowest BCUT2D eigenvalue weighted by atomic mass is 9.87. The van der Waals surface area contributed by atoms with E-state index in [1.807, 2.05) is 13.2 Å². The first kappa shape index (κ1) is 22.2. The van der Waals surface area contributed by atoms with Crippen LogP contribution in [0.4, 0.5) is 0 Å². The molecule has 1 aromatic rings. The molecule has 1 atom stereocenters. The topological polar surface area (TPSA) is 74.5 Å². The van der Waals surface area contributed by atoms with E-state index >= 15 is 0 Å². The van der Waals surface area contributed by atoms with Crippen molar-refractivity contribution in [2.45, 2.75) is 58.0 Å². The third-order valence-electron chi connectivity index (χ3n) is 4.79.